The Balaban J connectivity index is 1.69. The minimum Gasteiger partial charge on any atom is -0.351 e. The van der Waals surface area contributed by atoms with E-state index in [2.05, 4.69) is 20.9 Å². The Morgan fingerprint density at radius 2 is 1.67 bits per heavy atom. The third-order valence-corrected chi connectivity index (χ3v) is 6.31. The number of para-hydroxylation sites is 1. The number of hydrogen-bond acceptors (Lipinski definition) is 6. The van der Waals surface area contributed by atoms with Gasteiger partial charge >= 0.3 is 6.03 Å². The van der Waals surface area contributed by atoms with Gasteiger partial charge < -0.3 is 30.3 Å². The van der Waals surface area contributed by atoms with Crippen molar-refractivity contribution in [3.05, 3.63) is 84.2 Å². The molecule has 1 unspecified atom stereocenters. The molecule has 1 atom stereocenters. The van der Waals surface area contributed by atoms with E-state index in [4.69, 9.17) is 9.47 Å². The first-order chi connectivity index (χ1) is 18.9. The van der Waals surface area contributed by atoms with E-state index in [0.29, 0.717) is 35.8 Å². The highest BCUT2D eigenvalue weighted by Crippen LogP contribution is 2.43. The van der Waals surface area contributed by atoms with Crippen molar-refractivity contribution in [2.75, 3.05) is 35.3 Å². The van der Waals surface area contributed by atoms with E-state index in [1.165, 1.54) is 11.1 Å². The Labute approximate surface area is 227 Å². The van der Waals surface area contributed by atoms with Gasteiger partial charge in [-0.2, -0.15) is 0 Å². The number of benzene rings is 2. The average Bonchev–Trinajstić information content (AvgIpc) is 3.13. The van der Waals surface area contributed by atoms with Crippen molar-refractivity contribution >= 4 is 34.9 Å². The Morgan fingerprint density at radius 3 is 2.33 bits per heavy atom. The lowest BCUT2D eigenvalue weighted by atomic mass is 9.87. The molecule has 4 rings (SSSR count). The lowest BCUT2D eigenvalue weighted by Gasteiger charge is -2.30. The van der Waals surface area contributed by atoms with Gasteiger partial charge in [0.15, 0.2) is 11.8 Å². The summed E-state index contributed by atoms with van der Waals surface area (Å²) in [5.74, 6) is -0.927. The summed E-state index contributed by atoms with van der Waals surface area (Å²) in [6.07, 6.45) is 2.07. The van der Waals surface area contributed by atoms with Crippen LogP contribution in [0.4, 0.5) is 21.9 Å². The quantitative estimate of drug-likeness (QED) is 0.319. The minimum atomic E-state index is -1.68. The number of urea groups is 1. The Kier molecular flexibility index (Phi) is 8.90. The van der Waals surface area contributed by atoms with E-state index in [9.17, 15) is 14.4 Å². The molecule has 1 aromatic heterocycles. The number of carbonyl (C=O) groups excluding carboxylic acids is 3. The van der Waals surface area contributed by atoms with Gasteiger partial charge in [0.25, 0.3) is 5.91 Å². The predicted molar refractivity (Wildman–Crippen MR) is 148 cm³/mol. The van der Waals surface area contributed by atoms with Gasteiger partial charge in [-0.1, -0.05) is 35.9 Å². The number of carbonyl (C=O) groups is 3. The number of aryl methyl sites for hydroxylation is 1. The summed E-state index contributed by atoms with van der Waals surface area (Å²) in [5.41, 5.74) is 1.46. The second-order valence-electron chi connectivity index (χ2n) is 9.09. The molecule has 1 aliphatic heterocycles. The molecule has 10 nitrogen and oxygen atoms in total. The summed E-state index contributed by atoms with van der Waals surface area (Å²) in [5, 5.41) is 8.40. The van der Waals surface area contributed by atoms with Crippen molar-refractivity contribution in [3.63, 3.8) is 0 Å². The lowest BCUT2D eigenvalue weighted by molar-refractivity contribution is -0.138. The van der Waals surface area contributed by atoms with Crippen LogP contribution < -0.4 is 20.9 Å². The predicted octanol–water partition coefficient (Wildman–Crippen LogP) is 4.18. The average molecular weight is 532 g/mol. The van der Waals surface area contributed by atoms with Crippen LogP contribution in [-0.4, -0.2) is 48.9 Å². The summed E-state index contributed by atoms with van der Waals surface area (Å²) in [4.78, 5) is 46.4. The maximum atomic E-state index is 14.2. The van der Waals surface area contributed by atoms with Crippen LogP contribution in [-0.2, 0) is 24.6 Å². The molecular formula is C29H33N5O5. The molecule has 3 aromatic rings. The molecule has 0 saturated carbocycles. The van der Waals surface area contributed by atoms with Gasteiger partial charge in [-0.05, 0) is 51.1 Å². The number of ether oxygens (including phenoxy) is 2. The van der Waals surface area contributed by atoms with Gasteiger partial charge in [-0.15, -0.1) is 0 Å². The molecule has 0 saturated heterocycles. The number of nitrogens with one attached hydrogen (secondary N) is 3. The van der Waals surface area contributed by atoms with Gasteiger partial charge in [0.05, 0.1) is 30.5 Å². The van der Waals surface area contributed by atoms with Crippen molar-refractivity contribution in [3.8, 4) is 0 Å². The number of rotatable bonds is 11. The fraction of sp³-hybridized carbons (Fsp3) is 0.310. The van der Waals surface area contributed by atoms with E-state index in [1.807, 2.05) is 32.9 Å². The first-order valence-corrected chi connectivity index (χ1v) is 12.9. The fourth-order valence-electron chi connectivity index (χ4n) is 4.59. The molecule has 0 fully saturated rings. The standard InChI is InChI=1S/C29H33N5O5/c1-4-38-26(39-5-2)19-34-24-11-7-6-10-23(24)29(27(34)36,17-25(35)31-22-9-8-16-30-18-22)33-28(37)32-21-14-12-20(3)13-15-21/h6-16,18,26H,4-5,17,19H2,1-3H3,(H,31,35)(H2,32,33,37). The lowest BCUT2D eigenvalue weighted by Crippen LogP contribution is -2.56. The first-order valence-electron chi connectivity index (χ1n) is 12.9. The Morgan fingerprint density at radius 1 is 0.949 bits per heavy atom. The fourth-order valence-corrected chi connectivity index (χ4v) is 4.59. The Bertz CT molecular complexity index is 1290. The highest BCUT2D eigenvalue weighted by atomic mass is 16.7. The molecule has 0 spiro atoms. The van der Waals surface area contributed by atoms with E-state index in [-0.39, 0.29) is 13.0 Å². The van der Waals surface area contributed by atoms with E-state index in [0.717, 1.165) is 5.56 Å². The van der Waals surface area contributed by atoms with Crippen molar-refractivity contribution in [1.82, 2.24) is 10.3 Å². The van der Waals surface area contributed by atoms with Crippen LogP contribution in [0.1, 0.15) is 31.4 Å². The molecule has 1 aliphatic rings. The number of anilines is 3. The molecule has 0 radical (unpaired) electrons. The van der Waals surface area contributed by atoms with Crippen molar-refractivity contribution < 1.29 is 23.9 Å². The summed E-state index contributed by atoms with van der Waals surface area (Å²) >= 11 is 0. The van der Waals surface area contributed by atoms with Gasteiger partial charge in [0, 0.05) is 30.7 Å². The number of nitrogens with zero attached hydrogens (tertiary/aromatic N) is 2. The van der Waals surface area contributed by atoms with Crippen molar-refractivity contribution in [2.45, 2.75) is 39.0 Å². The normalized spacial score (nSPS) is 16.2. The SMILES string of the molecule is CCOC(CN1C(=O)C(CC(=O)Nc2cccnc2)(NC(=O)Nc2ccc(C)cc2)c2ccccc21)OCC. The Hall–Kier alpha value is -4.28. The summed E-state index contributed by atoms with van der Waals surface area (Å²) < 4.78 is 11.4. The molecule has 204 valence electrons. The maximum Gasteiger partial charge on any atom is 0.320 e. The van der Waals surface area contributed by atoms with Crippen molar-refractivity contribution in [2.24, 2.45) is 0 Å². The molecule has 2 aromatic carbocycles. The molecule has 0 aliphatic carbocycles. The summed E-state index contributed by atoms with van der Waals surface area (Å²) in [7, 11) is 0. The van der Waals surface area contributed by atoms with Gasteiger partial charge in [0.2, 0.25) is 5.91 Å². The minimum absolute atomic E-state index is 0.0881. The van der Waals surface area contributed by atoms with E-state index < -0.39 is 29.7 Å². The molecular weight excluding hydrogens is 498 g/mol. The van der Waals surface area contributed by atoms with Crippen LogP contribution in [0.15, 0.2) is 73.1 Å². The molecule has 39 heavy (non-hydrogen) atoms. The molecule has 10 heteroatoms. The zero-order chi connectivity index (χ0) is 27.8. The van der Waals surface area contributed by atoms with Crippen LogP contribution >= 0.6 is 0 Å². The van der Waals surface area contributed by atoms with E-state index in [1.54, 1.807) is 54.7 Å². The highest BCUT2D eigenvalue weighted by molar-refractivity contribution is 6.12. The van der Waals surface area contributed by atoms with Crippen LogP contribution in [0.5, 0.6) is 0 Å². The number of amides is 4. The largest absolute Gasteiger partial charge is 0.351 e. The van der Waals surface area contributed by atoms with Gasteiger partial charge in [0.1, 0.15) is 0 Å². The molecule has 4 amide bonds. The molecule has 2 heterocycles. The third kappa shape index (κ3) is 6.42. The maximum absolute atomic E-state index is 14.2. The number of fused-ring (bicyclic) bond motifs is 1. The summed E-state index contributed by atoms with van der Waals surface area (Å²) in [6.45, 7) is 6.50. The van der Waals surface area contributed by atoms with Crippen LogP contribution in [0.3, 0.4) is 0 Å². The summed E-state index contributed by atoms with van der Waals surface area (Å²) in [6, 6.07) is 17.1. The second kappa shape index (κ2) is 12.5. The van der Waals surface area contributed by atoms with Crippen LogP contribution in [0, 0.1) is 6.92 Å². The second-order valence-corrected chi connectivity index (χ2v) is 9.09. The number of pyridine rings is 1. The van der Waals surface area contributed by atoms with Crippen LogP contribution in [0.2, 0.25) is 0 Å². The van der Waals surface area contributed by atoms with Gasteiger partial charge in [-0.3, -0.25) is 14.6 Å². The smallest absolute Gasteiger partial charge is 0.320 e. The highest BCUT2D eigenvalue weighted by Gasteiger charge is 2.53. The zero-order valence-electron chi connectivity index (χ0n) is 22.3. The van der Waals surface area contributed by atoms with Gasteiger partial charge in [-0.25, -0.2) is 4.79 Å². The van der Waals surface area contributed by atoms with Crippen molar-refractivity contribution in [1.29, 1.82) is 0 Å². The monoisotopic (exact) mass is 531 g/mol. The van der Waals surface area contributed by atoms with Crippen LogP contribution in [0.25, 0.3) is 0 Å². The van der Waals surface area contributed by atoms with E-state index >= 15 is 0 Å². The number of hydrogen-bond donors (Lipinski definition) is 3. The topological polar surface area (TPSA) is 122 Å². The molecule has 3 N–H and O–H groups in total. The first kappa shape index (κ1) is 27.7. The molecule has 0 bridgehead atoms. The third-order valence-electron chi connectivity index (χ3n) is 6.31. The zero-order valence-corrected chi connectivity index (χ0v) is 22.3. The number of aromatic nitrogens is 1.